The first kappa shape index (κ1) is 17.7. The van der Waals surface area contributed by atoms with Crippen molar-refractivity contribution in [2.24, 2.45) is 0 Å². The number of hydrogen-bond donors (Lipinski definition) is 1. The average Bonchev–Trinajstić information content (AvgIpc) is 2.46. The van der Waals surface area contributed by atoms with Gasteiger partial charge in [0.1, 0.15) is 11.6 Å². The van der Waals surface area contributed by atoms with Crippen molar-refractivity contribution in [3.8, 4) is 0 Å². The first-order valence-corrected chi connectivity index (χ1v) is 7.78. The predicted octanol–water partition coefficient (Wildman–Crippen LogP) is 4.56. The molecule has 0 fully saturated rings. The van der Waals surface area contributed by atoms with Crippen LogP contribution in [0.2, 0.25) is 10.0 Å². The summed E-state index contributed by atoms with van der Waals surface area (Å²) in [6, 6.07) is 8.16. The zero-order chi connectivity index (χ0) is 17.0. The third-order valence-corrected chi connectivity index (χ3v) is 3.93. The standard InChI is InChI=1S/C17H15Cl2F2NO/c1-10(7-13-15(20)3-2-4-16(13)21)22-17(23)8-11-5-6-12(18)9-14(11)19/h2-6,9-10H,7-8H2,1H3,(H,22,23). The van der Waals surface area contributed by atoms with E-state index < -0.39 is 17.7 Å². The van der Waals surface area contributed by atoms with Crippen LogP contribution in [0.1, 0.15) is 18.1 Å². The van der Waals surface area contributed by atoms with Crippen molar-refractivity contribution in [1.29, 1.82) is 0 Å². The Morgan fingerprint density at radius 2 is 1.83 bits per heavy atom. The molecule has 0 aliphatic heterocycles. The molecular weight excluding hydrogens is 343 g/mol. The molecule has 2 nitrogen and oxygen atoms in total. The minimum atomic E-state index is -0.619. The topological polar surface area (TPSA) is 29.1 Å². The molecule has 2 aromatic carbocycles. The largest absolute Gasteiger partial charge is 0.353 e. The lowest BCUT2D eigenvalue weighted by Crippen LogP contribution is -2.35. The summed E-state index contributed by atoms with van der Waals surface area (Å²) in [6.45, 7) is 1.69. The van der Waals surface area contributed by atoms with Crippen LogP contribution in [-0.4, -0.2) is 11.9 Å². The highest BCUT2D eigenvalue weighted by Crippen LogP contribution is 2.21. The van der Waals surface area contributed by atoms with Crippen LogP contribution in [0.5, 0.6) is 0 Å². The van der Waals surface area contributed by atoms with E-state index in [4.69, 9.17) is 23.2 Å². The van der Waals surface area contributed by atoms with Crippen molar-refractivity contribution < 1.29 is 13.6 Å². The fourth-order valence-corrected chi connectivity index (χ4v) is 2.72. The van der Waals surface area contributed by atoms with Gasteiger partial charge in [-0.15, -0.1) is 0 Å². The highest BCUT2D eigenvalue weighted by Gasteiger charge is 2.15. The Morgan fingerprint density at radius 3 is 2.43 bits per heavy atom. The Hall–Kier alpha value is -1.65. The highest BCUT2D eigenvalue weighted by molar-refractivity contribution is 6.35. The van der Waals surface area contributed by atoms with Gasteiger partial charge in [-0.2, -0.15) is 0 Å². The molecule has 1 unspecified atom stereocenters. The van der Waals surface area contributed by atoms with Crippen LogP contribution in [-0.2, 0) is 17.6 Å². The fourth-order valence-electron chi connectivity index (χ4n) is 2.25. The van der Waals surface area contributed by atoms with E-state index in [1.54, 1.807) is 25.1 Å². The normalized spacial score (nSPS) is 12.0. The van der Waals surface area contributed by atoms with Gasteiger partial charge in [-0.25, -0.2) is 8.78 Å². The van der Waals surface area contributed by atoms with Gasteiger partial charge < -0.3 is 5.32 Å². The summed E-state index contributed by atoms with van der Waals surface area (Å²) in [5, 5.41) is 3.60. The maximum absolute atomic E-state index is 13.6. The van der Waals surface area contributed by atoms with Crippen LogP contribution >= 0.6 is 23.2 Å². The Morgan fingerprint density at radius 1 is 1.17 bits per heavy atom. The minimum absolute atomic E-state index is 0.0372. The molecule has 122 valence electrons. The third-order valence-electron chi connectivity index (χ3n) is 3.35. The molecule has 0 saturated carbocycles. The van der Waals surface area contributed by atoms with Crippen LogP contribution in [0.25, 0.3) is 0 Å². The van der Waals surface area contributed by atoms with E-state index >= 15 is 0 Å². The summed E-state index contributed by atoms with van der Waals surface area (Å²) >= 11 is 11.8. The molecule has 0 spiro atoms. The van der Waals surface area contributed by atoms with Gasteiger partial charge >= 0.3 is 0 Å². The molecule has 0 heterocycles. The molecule has 0 radical (unpaired) electrons. The molecule has 2 aromatic rings. The molecule has 0 saturated heterocycles. The Kier molecular flexibility index (Phi) is 5.97. The first-order valence-electron chi connectivity index (χ1n) is 7.03. The van der Waals surface area contributed by atoms with Gasteiger partial charge in [-0.05, 0) is 43.2 Å². The Balaban J connectivity index is 1.97. The van der Waals surface area contributed by atoms with Crippen molar-refractivity contribution in [3.05, 3.63) is 69.2 Å². The van der Waals surface area contributed by atoms with Crippen LogP contribution in [0, 0.1) is 11.6 Å². The quantitative estimate of drug-likeness (QED) is 0.834. The summed E-state index contributed by atoms with van der Waals surface area (Å²) in [5.74, 6) is -1.52. The number of halogens is 4. The van der Waals surface area contributed by atoms with Gasteiger partial charge in [0.2, 0.25) is 5.91 Å². The van der Waals surface area contributed by atoms with E-state index in [1.807, 2.05) is 0 Å². The van der Waals surface area contributed by atoms with Gasteiger partial charge in [0.05, 0.1) is 6.42 Å². The van der Waals surface area contributed by atoms with Crippen LogP contribution < -0.4 is 5.32 Å². The second-order valence-electron chi connectivity index (χ2n) is 5.29. The van der Waals surface area contributed by atoms with Crippen LogP contribution in [0.4, 0.5) is 8.78 Å². The second-order valence-corrected chi connectivity index (χ2v) is 6.13. The van der Waals surface area contributed by atoms with E-state index in [1.165, 1.54) is 18.2 Å². The molecule has 1 amide bonds. The van der Waals surface area contributed by atoms with Gasteiger partial charge in [-0.3, -0.25) is 4.79 Å². The molecule has 0 aromatic heterocycles. The molecule has 0 aliphatic carbocycles. The van der Waals surface area contributed by atoms with E-state index in [0.717, 1.165) is 0 Å². The smallest absolute Gasteiger partial charge is 0.224 e. The highest BCUT2D eigenvalue weighted by atomic mass is 35.5. The number of amides is 1. The summed E-state index contributed by atoms with van der Waals surface area (Å²) < 4.78 is 27.2. The van der Waals surface area contributed by atoms with Gasteiger partial charge in [0, 0.05) is 21.7 Å². The Labute approximate surface area is 143 Å². The molecule has 1 N–H and O–H groups in total. The third kappa shape index (κ3) is 4.91. The van der Waals surface area contributed by atoms with Crippen LogP contribution in [0.3, 0.4) is 0 Å². The number of hydrogen-bond acceptors (Lipinski definition) is 1. The molecule has 1 atom stereocenters. The van der Waals surface area contributed by atoms with Gasteiger partial charge in [0.25, 0.3) is 0 Å². The van der Waals surface area contributed by atoms with Gasteiger partial charge in [-0.1, -0.05) is 35.3 Å². The fraction of sp³-hybridized carbons (Fsp3) is 0.235. The number of carbonyl (C=O) groups is 1. The molecular formula is C17H15Cl2F2NO. The number of benzene rings is 2. The number of rotatable bonds is 5. The number of nitrogens with one attached hydrogen (secondary N) is 1. The molecule has 2 rings (SSSR count). The van der Waals surface area contributed by atoms with Crippen molar-refractivity contribution in [2.45, 2.75) is 25.8 Å². The summed E-state index contributed by atoms with van der Waals surface area (Å²) in [7, 11) is 0. The summed E-state index contributed by atoms with van der Waals surface area (Å²) in [5.41, 5.74) is 0.600. The lowest BCUT2D eigenvalue weighted by molar-refractivity contribution is -0.121. The molecule has 0 aliphatic rings. The minimum Gasteiger partial charge on any atom is -0.353 e. The predicted molar refractivity (Wildman–Crippen MR) is 87.8 cm³/mol. The lowest BCUT2D eigenvalue weighted by Gasteiger charge is -2.15. The SMILES string of the molecule is CC(Cc1c(F)cccc1F)NC(=O)Cc1ccc(Cl)cc1Cl. The Bertz CT molecular complexity index is 701. The number of carbonyl (C=O) groups excluding carboxylic acids is 1. The van der Waals surface area contributed by atoms with E-state index in [9.17, 15) is 13.6 Å². The summed E-state index contributed by atoms with van der Waals surface area (Å²) in [4.78, 5) is 12.0. The van der Waals surface area contributed by atoms with Gasteiger partial charge in [0.15, 0.2) is 0 Å². The van der Waals surface area contributed by atoms with Crippen molar-refractivity contribution >= 4 is 29.1 Å². The van der Waals surface area contributed by atoms with E-state index in [-0.39, 0.29) is 24.3 Å². The van der Waals surface area contributed by atoms with Crippen molar-refractivity contribution in [1.82, 2.24) is 5.32 Å². The van der Waals surface area contributed by atoms with Crippen LogP contribution in [0.15, 0.2) is 36.4 Å². The van der Waals surface area contributed by atoms with E-state index in [0.29, 0.717) is 15.6 Å². The lowest BCUT2D eigenvalue weighted by atomic mass is 10.1. The second kappa shape index (κ2) is 7.75. The maximum Gasteiger partial charge on any atom is 0.224 e. The molecule has 0 bridgehead atoms. The van der Waals surface area contributed by atoms with Crippen molar-refractivity contribution in [3.63, 3.8) is 0 Å². The monoisotopic (exact) mass is 357 g/mol. The first-order chi connectivity index (χ1) is 10.9. The van der Waals surface area contributed by atoms with E-state index in [2.05, 4.69) is 5.32 Å². The zero-order valence-electron chi connectivity index (χ0n) is 12.4. The maximum atomic E-state index is 13.6. The zero-order valence-corrected chi connectivity index (χ0v) is 13.9. The summed E-state index contributed by atoms with van der Waals surface area (Å²) in [6.07, 6.45) is 0.138. The molecule has 6 heteroatoms. The van der Waals surface area contributed by atoms with Crippen molar-refractivity contribution in [2.75, 3.05) is 0 Å². The molecule has 23 heavy (non-hydrogen) atoms. The average molecular weight is 358 g/mol.